The highest BCUT2D eigenvalue weighted by Crippen LogP contribution is 2.28. The molecule has 0 radical (unpaired) electrons. The molecule has 0 saturated heterocycles. The van der Waals surface area contributed by atoms with Crippen molar-refractivity contribution in [1.82, 2.24) is 20.1 Å². The number of aromatic nitrogens is 3. The van der Waals surface area contributed by atoms with Gasteiger partial charge < -0.3 is 5.32 Å². The molecular formula is C15H20N4. The van der Waals surface area contributed by atoms with Crippen LogP contribution in [0.2, 0.25) is 0 Å². The third-order valence-electron chi connectivity index (χ3n) is 3.70. The molecule has 1 N–H and O–H groups in total. The Hall–Kier alpha value is -1.68. The lowest BCUT2D eigenvalue weighted by Crippen LogP contribution is -2.14. The summed E-state index contributed by atoms with van der Waals surface area (Å²) in [5.74, 6) is 0. The number of rotatable bonds is 5. The minimum absolute atomic E-state index is 0.629. The van der Waals surface area contributed by atoms with Crippen molar-refractivity contribution in [2.45, 2.75) is 44.8 Å². The van der Waals surface area contributed by atoms with Gasteiger partial charge in [-0.05, 0) is 31.0 Å². The minimum atomic E-state index is 0.629. The molecular weight excluding hydrogens is 236 g/mol. The van der Waals surface area contributed by atoms with Crippen molar-refractivity contribution in [2.75, 3.05) is 0 Å². The Balaban J connectivity index is 1.50. The average molecular weight is 256 g/mol. The van der Waals surface area contributed by atoms with Crippen LogP contribution in [0.15, 0.2) is 36.7 Å². The van der Waals surface area contributed by atoms with Crippen LogP contribution in [0.4, 0.5) is 0 Å². The van der Waals surface area contributed by atoms with Gasteiger partial charge in [0.25, 0.3) is 0 Å². The molecule has 2 aromatic heterocycles. The lowest BCUT2D eigenvalue weighted by atomic mass is 10.3. The Morgan fingerprint density at radius 3 is 2.74 bits per heavy atom. The van der Waals surface area contributed by atoms with E-state index in [0.29, 0.717) is 6.04 Å². The summed E-state index contributed by atoms with van der Waals surface area (Å²) in [6.45, 7) is 1.59. The summed E-state index contributed by atoms with van der Waals surface area (Å²) in [5, 5.41) is 8.04. The number of hydrogen-bond donors (Lipinski definition) is 1. The first-order chi connectivity index (χ1) is 9.42. The monoisotopic (exact) mass is 256 g/mol. The van der Waals surface area contributed by atoms with E-state index in [-0.39, 0.29) is 0 Å². The molecule has 1 aliphatic carbocycles. The van der Waals surface area contributed by atoms with Gasteiger partial charge in [-0.1, -0.05) is 18.9 Å². The molecule has 0 atom stereocenters. The van der Waals surface area contributed by atoms with E-state index in [1.54, 1.807) is 0 Å². The van der Waals surface area contributed by atoms with Gasteiger partial charge in [0.05, 0.1) is 17.4 Å². The molecule has 2 aromatic rings. The molecule has 2 heterocycles. The first kappa shape index (κ1) is 12.4. The summed E-state index contributed by atoms with van der Waals surface area (Å²) in [6.07, 6.45) is 9.19. The molecule has 0 spiro atoms. The summed E-state index contributed by atoms with van der Waals surface area (Å²) in [5.41, 5.74) is 2.18. The van der Waals surface area contributed by atoms with Gasteiger partial charge >= 0.3 is 0 Å². The fraction of sp³-hybridized carbons (Fsp3) is 0.467. The predicted molar refractivity (Wildman–Crippen MR) is 74.5 cm³/mol. The van der Waals surface area contributed by atoms with Crippen LogP contribution in [-0.2, 0) is 13.1 Å². The molecule has 0 aliphatic heterocycles. The van der Waals surface area contributed by atoms with Crippen molar-refractivity contribution in [2.24, 2.45) is 0 Å². The quantitative estimate of drug-likeness (QED) is 0.894. The SMILES string of the molecule is c1ccc(CNCc2ccn(C3CCCC3)n2)nc1. The van der Waals surface area contributed by atoms with Crippen molar-refractivity contribution in [1.29, 1.82) is 0 Å². The van der Waals surface area contributed by atoms with Crippen LogP contribution in [0.1, 0.15) is 43.1 Å². The standard InChI is InChI=1S/C15H20N4/c1-2-7-15(6-1)19-10-8-14(18-19)12-16-11-13-5-3-4-9-17-13/h3-5,8-10,15-16H,1-2,6-7,11-12H2. The third-order valence-corrected chi connectivity index (χ3v) is 3.70. The molecule has 0 aromatic carbocycles. The Labute approximate surface area is 113 Å². The zero-order valence-corrected chi connectivity index (χ0v) is 11.1. The molecule has 4 nitrogen and oxygen atoms in total. The van der Waals surface area contributed by atoms with Gasteiger partial charge in [-0.3, -0.25) is 9.67 Å². The van der Waals surface area contributed by atoms with Crippen LogP contribution in [0, 0.1) is 0 Å². The van der Waals surface area contributed by atoms with Gasteiger partial charge in [-0.2, -0.15) is 5.10 Å². The Kier molecular flexibility index (Phi) is 3.89. The van der Waals surface area contributed by atoms with E-state index < -0.39 is 0 Å². The van der Waals surface area contributed by atoms with E-state index in [4.69, 9.17) is 0 Å². The van der Waals surface area contributed by atoms with Gasteiger partial charge in [0.15, 0.2) is 0 Å². The molecule has 1 saturated carbocycles. The summed E-state index contributed by atoms with van der Waals surface area (Å²) >= 11 is 0. The smallest absolute Gasteiger partial charge is 0.0762 e. The van der Waals surface area contributed by atoms with Crippen LogP contribution in [0.25, 0.3) is 0 Å². The van der Waals surface area contributed by atoms with Gasteiger partial charge in [-0.15, -0.1) is 0 Å². The van der Waals surface area contributed by atoms with E-state index in [1.165, 1.54) is 25.7 Å². The molecule has 4 heteroatoms. The summed E-state index contributed by atoms with van der Waals surface area (Å²) < 4.78 is 2.14. The second-order valence-corrected chi connectivity index (χ2v) is 5.15. The first-order valence-electron chi connectivity index (χ1n) is 7.06. The van der Waals surface area contributed by atoms with E-state index in [9.17, 15) is 0 Å². The van der Waals surface area contributed by atoms with Crippen LogP contribution in [0.5, 0.6) is 0 Å². The maximum atomic E-state index is 4.66. The van der Waals surface area contributed by atoms with Gasteiger partial charge in [0, 0.05) is 25.5 Å². The highest BCUT2D eigenvalue weighted by molar-refractivity contribution is 5.04. The van der Waals surface area contributed by atoms with Crippen molar-refractivity contribution < 1.29 is 0 Å². The molecule has 3 rings (SSSR count). The zero-order valence-electron chi connectivity index (χ0n) is 11.1. The zero-order chi connectivity index (χ0) is 12.9. The molecule has 19 heavy (non-hydrogen) atoms. The van der Waals surface area contributed by atoms with Gasteiger partial charge in [-0.25, -0.2) is 0 Å². The van der Waals surface area contributed by atoms with Crippen molar-refractivity contribution in [3.63, 3.8) is 0 Å². The second-order valence-electron chi connectivity index (χ2n) is 5.15. The molecule has 0 bridgehead atoms. The molecule has 1 fully saturated rings. The summed E-state index contributed by atoms with van der Waals surface area (Å²) in [4.78, 5) is 4.29. The lowest BCUT2D eigenvalue weighted by molar-refractivity contribution is 0.460. The van der Waals surface area contributed by atoms with E-state index in [1.807, 2.05) is 24.4 Å². The van der Waals surface area contributed by atoms with E-state index in [2.05, 4.69) is 32.3 Å². The maximum Gasteiger partial charge on any atom is 0.0762 e. The van der Waals surface area contributed by atoms with Crippen LogP contribution < -0.4 is 5.32 Å². The molecule has 0 unspecified atom stereocenters. The topological polar surface area (TPSA) is 42.7 Å². The third kappa shape index (κ3) is 3.20. The molecule has 1 aliphatic rings. The maximum absolute atomic E-state index is 4.66. The normalized spacial score (nSPS) is 16.0. The van der Waals surface area contributed by atoms with Crippen molar-refractivity contribution in [3.8, 4) is 0 Å². The highest BCUT2D eigenvalue weighted by atomic mass is 15.3. The Bertz CT molecular complexity index is 500. The lowest BCUT2D eigenvalue weighted by Gasteiger charge is -2.08. The van der Waals surface area contributed by atoms with Crippen LogP contribution in [0.3, 0.4) is 0 Å². The van der Waals surface area contributed by atoms with Gasteiger partial charge in [0.2, 0.25) is 0 Å². The number of nitrogens with one attached hydrogen (secondary N) is 1. The predicted octanol–water partition coefficient (Wildman–Crippen LogP) is 2.68. The largest absolute Gasteiger partial charge is 0.305 e. The van der Waals surface area contributed by atoms with Crippen LogP contribution in [-0.4, -0.2) is 14.8 Å². The molecule has 100 valence electrons. The minimum Gasteiger partial charge on any atom is -0.305 e. The fourth-order valence-corrected chi connectivity index (χ4v) is 2.67. The average Bonchev–Trinajstić information content (AvgIpc) is 3.10. The summed E-state index contributed by atoms with van der Waals surface area (Å²) in [7, 11) is 0. The van der Waals surface area contributed by atoms with Gasteiger partial charge in [0.1, 0.15) is 0 Å². The number of pyridine rings is 1. The van der Waals surface area contributed by atoms with Crippen molar-refractivity contribution in [3.05, 3.63) is 48.0 Å². The van der Waals surface area contributed by atoms with E-state index in [0.717, 1.165) is 24.5 Å². The molecule has 0 amide bonds. The van der Waals surface area contributed by atoms with Crippen molar-refractivity contribution >= 4 is 0 Å². The summed E-state index contributed by atoms with van der Waals surface area (Å²) in [6, 6.07) is 8.73. The first-order valence-corrected chi connectivity index (χ1v) is 7.06. The van der Waals surface area contributed by atoms with Crippen LogP contribution >= 0.6 is 0 Å². The Morgan fingerprint density at radius 2 is 1.95 bits per heavy atom. The van der Waals surface area contributed by atoms with E-state index >= 15 is 0 Å². The number of nitrogens with zero attached hydrogens (tertiary/aromatic N) is 3. The Morgan fingerprint density at radius 1 is 1.11 bits per heavy atom. The number of hydrogen-bond acceptors (Lipinski definition) is 3. The highest BCUT2D eigenvalue weighted by Gasteiger charge is 2.17. The second kappa shape index (κ2) is 5.97. The fourth-order valence-electron chi connectivity index (χ4n) is 2.67.